The van der Waals surface area contributed by atoms with Gasteiger partial charge in [-0.15, -0.1) is 0 Å². The summed E-state index contributed by atoms with van der Waals surface area (Å²) in [7, 11) is 0. The van der Waals surface area contributed by atoms with Crippen molar-refractivity contribution in [1.82, 2.24) is 19.5 Å². The van der Waals surface area contributed by atoms with Crippen LogP contribution in [-0.2, 0) is 0 Å². The number of hydrogen-bond acceptors (Lipinski definition) is 3. The van der Waals surface area contributed by atoms with Crippen LogP contribution >= 0.6 is 11.6 Å². The first kappa shape index (κ1) is 14.6. The van der Waals surface area contributed by atoms with Crippen LogP contribution in [0.1, 0.15) is 37.5 Å². The summed E-state index contributed by atoms with van der Waals surface area (Å²) in [6.07, 6.45) is 6.25. The molecule has 0 bridgehead atoms. The molecule has 0 atom stereocenters. The molecule has 0 aliphatic heterocycles. The Labute approximate surface area is 138 Å². The van der Waals surface area contributed by atoms with E-state index in [4.69, 9.17) is 11.6 Å². The van der Waals surface area contributed by atoms with Gasteiger partial charge in [-0.1, -0.05) is 12.8 Å². The van der Waals surface area contributed by atoms with Crippen LogP contribution in [0, 0.1) is 12.7 Å². The molecule has 1 aromatic carbocycles. The van der Waals surface area contributed by atoms with Crippen molar-refractivity contribution < 1.29 is 4.39 Å². The molecule has 2 heterocycles. The third-order valence-corrected chi connectivity index (χ3v) is 4.72. The van der Waals surface area contributed by atoms with E-state index in [0.717, 1.165) is 24.2 Å². The molecular formula is C17H16ClFN4. The van der Waals surface area contributed by atoms with Gasteiger partial charge in [0.05, 0.1) is 11.2 Å². The number of nitrogens with zero attached hydrogens (tertiary/aromatic N) is 4. The standard InChI is InChI=1S/C17H16ClFN4/c1-10-21-16-13(19)8-11(14-6-7-20-17(18)22-14)9-15(16)23(10)12-4-2-3-5-12/h6-9,12H,2-5H2,1H3. The summed E-state index contributed by atoms with van der Waals surface area (Å²) >= 11 is 5.86. The van der Waals surface area contributed by atoms with E-state index >= 15 is 0 Å². The first-order valence-electron chi connectivity index (χ1n) is 7.80. The molecule has 23 heavy (non-hydrogen) atoms. The van der Waals surface area contributed by atoms with Crippen LogP contribution < -0.4 is 0 Å². The number of fused-ring (bicyclic) bond motifs is 1. The second-order valence-corrected chi connectivity index (χ2v) is 6.34. The predicted molar refractivity (Wildman–Crippen MR) is 88.0 cm³/mol. The summed E-state index contributed by atoms with van der Waals surface area (Å²) in [6.45, 7) is 1.94. The molecule has 1 aliphatic carbocycles. The maximum Gasteiger partial charge on any atom is 0.222 e. The van der Waals surface area contributed by atoms with E-state index in [0.29, 0.717) is 22.8 Å². The fourth-order valence-corrected chi connectivity index (χ4v) is 3.68. The van der Waals surface area contributed by atoms with E-state index in [1.54, 1.807) is 12.3 Å². The first-order chi connectivity index (χ1) is 11.1. The van der Waals surface area contributed by atoms with Crippen LogP contribution in [0.5, 0.6) is 0 Å². The fraction of sp³-hybridized carbons (Fsp3) is 0.353. The molecule has 118 valence electrons. The smallest absolute Gasteiger partial charge is 0.222 e. The van der Waals surface area contributed by atoms with Gasteiger partial charge in [0.25, 0.3) is 0 Å². The van der Waals surface area contributed by atoms with E-state index in [1.165, 1.54) is 18.9 Å². The average Bonchev–Trinajstić information content (AvgIpc) is 3.14. The van der Waals surface area contributed by atoms with Gasteiger partial charge in [0, 0.05) is 17.8 Å². The van der Waals surface area contributed by atoms with Crippen molar-refractivity contribution in [2.24, 2.45) is 0 Å². The summed E-state index contributed by atoms with van der Waals surface area (Å²) in [4.78, 5) is 12.5. The number of benzene rings is 1. The Morgan fingerprint density at radius 3 is 2.74 bits per heavy atom. The predicted octanol–water partition coefficient (Wildman–Crippen LogP) is 4.71. The van der Waals surface area contributed by atoms with Gasteiger partial charge in [-0.25, -0.2) is 19.3 Å². The molecule has 0 radical (unpaired) electrons. The zero-order valence-electron chi connectivity index (χ0n) is 12.8. The van der Waals surface area contributed by atoms with Crippen LogP contribution in [0.25, 0.3) is 22.3 Å². The topological polar surface area (TPSA) is 43.6 Å². The van der Waals surface area contributed by atoms with Gasteiger partial charge in [0.15, 0.2) is 5.82 Å². The van der Waals surface area contributed by atoms with Gasteiger partial charge in [-0.2, -0.15) is 0 Å². The Morgan fingerprint density at radius 2 is 2.00 bits per heavy atom. The van der Waals surface area contributed by atoms with Gasteiger partial charge in [-0.3, -0.25) is 0 Å². The molecule has 6 heteroatoms. The van der Waals surface area contributed by atoms with Crippen molar-refractivity contribution in [1.29, 1.82) is 0 Å². The molecule has 4 rings (SSSR count). The molecular weight excluding hydrogens is 315 g/mol. The van der Waals surface area contributed by atoms with E-state index in [2.05, 4.69) is 19.5 Å². The van der Waals surface area contributed by atoms with Crippen LogP contribution in [-0.4, -0.2) is 19.5 Å². The molecule has 0 unspecified atom stereocenters. The molecule has 1 aliphatic rings. The number of rotatable bonds is 2. The van der Waals surface area contributed by atoms with Gasteiger partial charge in [-0.05, 0) is 49.6 Å². The Balaban J connectivity index is 1.93. The summed E-state index contributed by atoms with van der Waals surface area (Å²) in [5.41, 5.74) is 2.57. The van der Waals surface area contributed by atoms with Crippen LogP contribution in [0.4, 0.5) is 4.39 Å². The quantitative estimate of drug-likeness (QED) is 0.639. The minimum absolute atomic E-state index is 0.156. The normalized spacial score (nSPS) is 15.6. The van der Waals surface area contributed by atoms with E-state index in [9.17, 15) is 4.39 Å². The maximum atomic E-state index is 14.6. The summed E-state index contributed by atoms with van der Waals surface area (Å²) in [5.74, 6) is 0.538. The SMILES string of the molecule is Cc1nc2c(F)cc(-c3ccnc(Cl)n3)cc2n1C1CCCC1. The van der Waals surface area contributed by atoms with Crippen LogP contribution in [0.2, 0.25) is 5.28 Å². The van der Waals surface area contributed by atoms with Gasteiger partial charge in [0.2, 0.25) is 5.28 Å². The molecule has 0 amide bonds. The zero-order valence-corrected chi connectivity index (χ0v) is 13.5. The molecule has 0 N–H and O–H groups in total. The summed E-state index contributed by atoms with van der Waals surface area (Å²) in [6, 6.07) is 5.56. The van der Waals surface area contributed by atoms with Crippen molar-refractivity contribution >= 4 is 22.6 Å². The maximum absolute atomic E-state index is 14.6. The second kappa shape index (κ2) is 5.57. The lowest BCUT2D eigenvalue weighted by Gasteiger charge is -2.15. The molecule has 4 nitrogen and oxygen atoms in total. The molecule has 1 fully saturated rings. The first-order valence-corrected chi connectivity index (χ1v) is 8.18. The highest BCUT2D eigenvalue weighted by Crippen LogP contribution is 2.35. The van der Waals surface area contributed by atoms with Gasteiger partial charge < -0.3 is 4.57 Å². The van der Waals surface area contributed by atoms with Crippen molar-refractivity contribution in [2.45, 2.75) is 38.6 Å². The van der Waals surface area contributed by atoms with Gasteiger partial charge in [0.1, 0.15) is 11.3 Å². The molecule has 2 aromatic heterocycles. The van der Waals surface area contributed by atoms with E-state index < -0.39 is 0 Å². The summed E-state index contributed by atoms with van der Waals surface area (Å²) < 4.78 is 16.7. The van der Waals surface area contributed by atoms with Crippen molar-refractivity contribution in [3.63, 3.8) is 0 Å². The Morgan fingerprint density at radius 1 is 1.22 bits per heavy atom. The Hall–Kier alpha value is -2.01. The van der Waals surface area contributed by atoms with Crippen molar-refractivity contribution in [3.05, 3.63) is 41.3 Å². The van der Waals surface area contributed by atoms with E-state index in [1.807, 2.05) is 13.0 Å². The average molecular weight is 331 g/mol. The highest BCUT2D eigenvalue weighted by Gasteiger charge is 2.23. The Kier molecular flexibility index (Phi) is 3.53. The zero-order chi connectivity index (χ0) is 16.0. The number of aromatic nitrogens is 4. The van der Waals surface area contributed by atoms with Crippen molar-refractivity contribution in [3.8, 4) is 11.3 Å². The second-order valence-electron chi connectivity index (χ2n) is 6.00. The number of halogens is 2. The Bertz CT molecular complexity index is 884. The highest BCUT2D eigenvalue weighted by molar-refractivity contribution is 6.28. The third kappa shape index (κ3) is 2.49. The highest BCUT2D eigenvalue weighted by atomic mass is 35.5. The fourth-order valence-electron chi connectivity index (χ4n) is 3.54. The lowest BCUT2D eigenvalue weighted by molar-refractivity contribution is 0.520. The van der Waals surface area contributed by atoms with Gasteiger partial charge >= 0.3 is 0 Å². The molecule has 1 saturated carbocycles. The minimum Gasteiger partial charge on any atom is -0.325 e. The summed E-state index contributed by atoms with van der Waals surface area (Å²) in [5, 5.41) is 0.156. The van der Waals surface area contributed by atoms with Crippen molar-refractivity contribution in [2.75, 3.05) is 0 Å². The lowest BCUT2D eigenvalue weighted by atomic mass is 10.1. The largest absolute Gasteiger partial charge is 0.325 e. The van der Waals surface area contributed by atoms with E-state index in [-0.39, 0.29) is 11.1 Å². The monoisotopic (exact) mass is 330 g/mol. The van der Waals surface area contributed by atoms with Crippen LogP contribution in [0.3, 0.4) is 0 Å². The molecule has 3 aromatic rings. The number of imidazole rings is 1. The minimum atomic E-state index is -0.327. The molecule has 0 saturated heterocycles. The number of hydrogen-bond donors (Lipinski definition) is 0. The number of aryl methyl sites for hydroxylation is 1. The molecule has 0 spiro atoms. The lowest BCUT2D eigenvalue weighted by Crippen LogP contribution is -2.06. The van der Waals surface area contributed by atoms with Crippen LogP contribution in [0.15, 0.2) is 24.4 Å². The third-order valence-electron chi connectivity index (χ3n) is 4.54.